The number of nitrogens with one attached hydrogen (secondary N) is 1. The minimum atomic E-state index is -0.518. The molecule has 0 spiro atoms. The first kappa shape index (κ1) is 19.9. The number of ether oxygens (including phenoxy) is 1. The summed E-state index contributed by atoms with van der Waals surface area (Å²) in [7, 11) is 1.53. The molecule has 0 fully saturated rings. The number of anilines is 1. The van der Waals surface area contributed by atoms with E-state index in [4.69, 9.17) is 16.3 Å². The number of rotatable bonds is 5. The first-order valence-electron chi connectivity index (χ1n) is 8.63. The lowest BCUT2D eigenvalue weighted by molar-refractivity contribution is 0.102. The third-order valence-electron chi connectivity index (χ3n) is 4.23. The molecule has 152 valence electrons. The highest BCUT2D eigenvalue weighted by Crippen LogP contribution is 2.26. The van der Waals surface area contributed by atoms with Crippen molar-refractivity contribution in [3.05, 3.63) is 64.6 Å². The summed E-state index contributed by atoms with van der Waals surface area (Å²) in [6.45, 7) is 1.78. The Morgan fingerprint density at radius 2 is 2.10 bits per heavy atom. The molecule has 0 aliphatic rings. The molecule has 30 heavy (non-hydrogen) atoms. The maximum absolute atomic E-state index is 13.4. The molecule has 0 aliphatic carbocycles. The Labute approximate surface area is 179 Å². The predicted octanol–water partition coefficient (Wildman–Crippen LogP) is 4.15. The molecule has 11 heteroatoms. The first-order chi connectivity index (χ1) is 14.5. The lowest BCUT2D eigenvalue weighted by Gasteiger charge is -2.04. The van der Waals surface area contributed by atoms with Gasteiger partial charge in [0.2, 0.25) is 5.13 Å². The molecule has 8 nitrogen and oxygen atoms in total. The van der Waals surface area contributed by atoms with E-state index in [0.717, 1.165) is 11.5 Å². The van der Waals surface area contributed by atoms with Crippen LogP contribution in [-0.2, 0) is 0 Å². The summed E-state index contributed by atoms with van der Waals surface area (Å²) in [6.07, 6.45) is 0. The molecular formula is C19H14ClFN6O2S. The van der Waals surface area contributed by atoms with Gasteiger partial charge in [0.1, 0.15) is 11.6 Å². The smallest absolute Gasteiger partial charge is 0.257 e. The van der Waals surface area contributed by atoms with Crippen molar-refractivity contribution in [1.82, 2.24) is 24.4 Å². The van der Waals surface area contributed by atoms with E-state index in [0.29, 0.717) is 39.3 Å². The van der Waals surface area contributed by atoms with Gasteiger partial charge in [-0.15, -0.1) is 5.10 Å². The Morgan fingerprint density at radius 1 is 1.27 bits per heavy atom. The van der Waals surface area contributed by atoms with Crippen LogP contribution >= 0.6 is 23.1 Å². The zero-order valence-corrected chi connectivity index (χ0v) is 17.3. The number of methoxy groups -OCH3 is 1. The van der Waals surface area contributed by atoms with Crippen molar-refractivity contribution in [1.29, 1.82) is 0 Å². The first-order valence-corrected chi connectivity index (χ1v) is 9.78. The number of amides is 1. The van der Waals surface area contributed by atoms with E-state index in [9.17, 15) is 9.18 Å². The standard InChI is InChI=1S/C19H14ClFN6O2S/c1-10-16(24-26-27(10)12-6-7-15(21)14(20)9-12)17-22-19(30-25-17)23-18(28)11-4-3-5-13(8-11)29-2/h3-9H,1-2H3,(H,22,23,25,28). The quantitative estimate of drug-likeness (QED) is 0.497. The lowest BCUT2D eigenvalue weighted by atomic mass is 10.2. The van der Waals surface area contributed by atoms with Crippen molar-refractivity contribution >= 4 is 34.2 Å². The van der Waals surface area contributed by atoms with Gasteiger partial charge in [-0.3, -0.25) is 10.1 Å². The molecule has 0 unspecified atom stereocenters. The molecule has 2 aromatic carbocycles. The maximum atomic E-state index is 13.4. The molecule has 1 N–H and O–H groups in total. The van der Waals surface area contributed by atoms with E-state index in [1.807, 2.05) is 0 Å². The normalized spacial score (nSPS) is 10.8. The molecule has 1 amide bonds. The number of nitrogens with zero attached hydrogens (tertiary/aromatic N) is 5. The van der Waals surface area contributed by atoms with Crippen LogP contribution in [0.4, 0.5) is 9.52 Å². The Kier molecular flexibility index (Phi) is 5.42. The number of aromatic nitrogens is 5. The van der Waals surface area contributed by atoms with Crippen molar-refractivity contribution in [2.45, 2.75) is 6.92 Å². The van der Waals surface area contributed by atoms with Gasteiger partial charge in [0.05, 0.1) is 23.5 Å². The lowest BCUT2D eigenvalue weighted by Crippen LogP contribution is -2.11. The van der Waals surface area contributed by atoms with Crippen molar-refractivity contribution in [3.8, 4) is 23.0 Å². The average Bonchev–Trinajstić information content (AvgIpc) is 3.36. The Bertz CT molecular complexity index is 1240. The second kappa shape index (κ2) is 8.17. The number of halogens is 2. The molecule has 0 radical (unpaired) electrons. The van der Waals surface area contributed by atoms with E-state index in [2.05, 4.69) is 25.0 Å². The third-order valence-corrected chi connectivity index (χ3v) is 5.15. The van der Waals surface area contributed by atoms with Crippen LogP contribution in [0.2, 0.25) is 5.02 Å². The van der Waals surface area contributed by atoms with Gasteiger partial charge >= 0.3 is 0 Å². The molecule has 0 saturated heterocycles. The van der Waals surface area contributed by atoms with E-state index < -0.39 is 5.82 Å². The minimum absolute atomic E-state index is 0.0155. The minimum Gasteiger partial charge on any atom is -0.497 e. The second-order valence-electron chi connectivity index (χ2n) is 6.14. The van der Waals surface area contributed by atoms with Crippen LogP contribution in [0.3, 0.4) is 0 Å². The summed E-state index contributed by atoms with van der Waals surface area (Å²) in [5.74, 6) is 0.0422. The summed E-state index contributed by atoms with van der Waals surface area (Å²) in [5, 5.41) is 11.2. The Balaban J connectivity index is 1.56. The molecular weight excluding hydrogens is 431 g/mol. The van der Waals surface area contributed by atoms with Crippen molar-refractivity contribution in [2.75, 3.05) is 12.4 Å². The topological polar surface area (TPSA) is 94.8 Å². The molecule has 0 bridgehead atoms. The molecule has 0 atom stereocenters. The number of carbonyl (C=O) groups excluding carboxylic acids is 1. The van der Waals surface area contributed by atoms with Crippen molar-refractivity contribution in [3.63, 3.8) is 0 Å². The average molecular weight is 445 g/mol. The molecule has 0 saturated carbocycles. The number of carbonyl (C=O) groups is 1. The van der Waals surface area contributed by atoms with E-state index >= 15 is 0 Å². The second-order valence-corrected chi connectivity index (χ2v) is 7.30. The van der Waals surface area contributed by atoms with E-state index in [-0.39, 0.29) is 10.9 Å². The predicted molar refractivity (Wildman–Crippen MR) is 111 cm³/mol. The van der Waals surface area contributed by atoms with Crippen LogP contribution in [0.1, 0.15) is 16.1 Å². The highest BCUT2D eigenvalue weighted by molar-refractivity contribution is 7.10. The number of benzene rings is 2. The largest absolute Gasteiger partial charge is 0.497 e. The zero-order valence-electron chi connectivity index (χ0n) is 15.8. The van der Waals surface area contributed by atoms with Crippen LogP contribution in [0.25, 0.3) is 17.2 Å². The molecule has 2 heterocycles. The highest BCUT2D eigenvalue weighted by atomic mass is 35.5. The Morgan fingerprint density at radius 3 is 2.87 bits per heavy atom. The number of hydrogen-bond donors (Lipinski definition) is 1. The van der Waals surface area contributed by atoms with Crippen molar-refractivity contribution < 1.29 is 13.9 Å². The summed E-state index contributed by atoms with van der Waals surface area (Å²) >= 11 is 6.88. The van der Waals surface area contributed by atoms with Gasteiger partial charge in [-0.2, -0.15) is 9.36 Å². The van der Waals surface area contributed by atoms with Gasteiger partial charge in [0, 0.05) is 17.1 Å². The van der Waals surface area contributed by atoms with Gasteiger partial charge in [0.15, 0.2) is 11.5 Å². The van der Waals surface area contributed by atoms with Gasteiger partial charge in [-0.1, -0.05) is 22.9 Å². The fourth-order valence-electron chi connectivity index (χ4n) is 2.70. The van der Waals surface area contributed by atoms with Crippen LogP contribution in [0.5, 0.6) is 5.75 Å². The zero-order chi connectivity index (χ0) is 21.3. The maximum Gasteiger partial charge on any atom is 0.257 e. The molecule has 4 aromatic rings. The van der Waals surface area contributed by atoms with Crippen LogP contribution < -0.4 is 10.1 Å². The van der Waals surface area contributed by atoms with Crippen molar-refractivity contribution in [2.24, 2.45) is 0 Å². The monoisotopic (exact) mass is 444 g/mol. The molecule has 4 rings (SSSR count). The summed E-state index contributed by atoms with van der Waals surface area (Å²) in [4.78, 5) is 16.8. The fourth-order valence-corrected chi connectivity index (χ4v) is 3.44. The highest BCUT2D eigenvalue weighted by Gasteiger charge is 2.18. The third kappa shape index (κ3) is 3.87. The van der Waals surface area contributed by atoms with Gasteiger partial charge in [-0.05, 0) is 43.3 Å². The molecule has 2 aromatic heterocycles. The van der Waals surface area contributed by atoms with E-state index in [1.54, 1.807) is 37.3 Å². The SMILES string of the molecule is COc1cccc(C(=O)Nc2nc(-c3nnn(-c4ccc(F)c(Cl)c4)c3C)ns2)c1. The van der Waals surface area contributed by atoms with Crippen LogP contribution in [0.15, 0.2) is 42.5 Å². The van der Waals surface area contributed by atoms with E-state index in [1.165, 1.54) is 23.9 Å². The summed E-state index contributed by atoms with van der Waals surface area (Å²) < 4.78 is 24.3. The van der Waals surface area contributed by atoms with Crippen LogP contribution in [-0.4, -0.2) is 37.4 Å². The van der Waals surface area contributed by atoms with Gasteiger partial charge in [0.25, 0.3) is 5.91 Å². The fraction of sp³-hybridized carbons (Fsp3) is 0.105. The van der Waals surface area contributed by atoms with Gasteiger partial charge < -0.3 is 4.74 Å². The van der Waals surface area contributed by atoms with Crippen LogP contribution in [0, 0.1) is 12.7 Å². The Hall–Kier alpha value is -3.37. The molecule has 0 aliphatic heterocycles. The number of hydrogen-bond acceptors (Lipinski definition) is 7. The summed E-state index contributed by atoms with van der Waals surface area (Å²) in [5.41, 5.74) is 2.07. The summed E-state index contributed by atoms with van der Waals surface area (Å²) in [6, 6.07) is 11.0. The van der Waals surface area contributed by atoms with Gasteiger partial charge in [-0.25, -0.2) is 9.07 Å².